The summed E-state index contributed by atoms with van der Waals surface area (Å²) in [4.78, 5) is 42.6. The quantitative estimate of drug-likeness (QED) is 0.579. The van der Waals surface area contributed by atoms with E-state index in [0.717, 1.165) is 35.3 Å². The van der Waals surface area contributed by atoms with E-state index < -0.39 is 0 Å². The van der Waals surface area contributed by atoms with Gasteiger partial charge < -0.3 is 19.6 Å². The average molecular weight is 450 g/mol. The van der Waals surface area contributed by atoms with Crippen LogP contribution in [0.1, 0.15) is 49.2 Å². The molecule has 174 valence electrons. The zero-order valence-corrected chi connectivity index (χ0v) is 19.6. The highest BCUT2D eigenvalue weighted by Gasteiger charge is 2.30. The maximum atomic E-state index is 13.1. The van der Waals surface area contributed by atoms with Gasteiger partial charge in [0.2, 0.25) is 11.8 Å². The highest BCUT2D eigenvalue weighted by Crippen LogP contribution is 2.28. The van der Waals surface area contributed by atoms with Gasteiger partial charge in [0, 0.05) is 36.2 Å². The number of aryl methyl sites for hydroxylation is 2. The summed E-state index contributed by atoms with van der Waals surface area (Å²) >= 11 is 0. The van der Waals surface area contributed by atoms with Crippen LogP contribution >= 0.6 is 0 Å². The second-order valence-electron chi connectivity index (χ2n) is 9.09. The molecule has 0 spiro atoms. The fourth-order valence-electron chi connectivity index (χ4n) is 4.50. The highest BCUT2D eigenvalue weighted by atomic mass is 16.2. The van der Waals surface area contributed by atoms with E-state index in [4.69, 9.17) is 0 Å². The first-order valence-electron chi connectivity index (χ1n) is 11.5. The Morgan fingerprint density at radius 2 is 2.09 bits per heavy atom. The van der Waals surface area contributed by atoms with E-state index in [1.54, 1.807) is 6.20 Å². The largest absolute Gasteiger partial charge is 0.350 e. The molecule has 2 N–H and O–H groups in total. The van der Waals surface area contributed by atoms with Crippen molar-refractivity contribution >= 4 is 23.1 Å². The molecule has 33 heavy (non-hydrogen) atoms. The fourth-order valence-corrected chi connectivity index (χ4v) is 4.50. The molecule has 0 saturated carbocycles. The van der Waals surface area contributed by atoms with Crippen LogP contribution in [0.2, 0.25) is 0 Å². The molecule has 3 aromatic heterocycles. The summed E-state index contributed by atoms with van der Waals surface area (Å²) in [5.41, 5.74) is 4.37. The fraction of sp³-hybridized carbons (Fsp3) is 0.440. The zero-order valence-electron chi connectivity index (χ0n) is 19.6. The molecular weight excluding hydrogens is 418 g/mol. The lowest BCUT2D eigenvalue weighted by Crippen LogP contribution is -2.39. The summed E-state index contributed by atoms with van der Waals surface area (Å²) in [6.45, 7) is 8.31. The molecule has 1 unspecified atom stereocenters. The van der Waals surface area contributed by atoms with E-state index in [0.29, 0.717) is 30.3 Å². The number of nitrogens with zero attached hydrogens (tertiary/aromatic N) is 3. The van der Waals surface area contributed by atoms with Crippen LogP contribution < -0.4 is 16.2 Å². The number of pyridine rings is 2. The molecular formula is C25H31N5O3. The first-order valence-corrected chi connectivity index (χ1v) is 11.5. The van der Waals surface area contributed by atoms with Gasteiger partial charge in [0.15, 0.2) is 0 Å². The molecule has 1 aliphatic rings. The van der Waals surface area contributed by atoms with Gasteiger partial charge in [0.25, 0.3) is 5.56 Å². The minimum absolute atomic E-state index is 0.101. The van der Waals surface area contributed by atoms with Gasteiger partial charge in [-0.05, 0) is 55.9 Å². The van der Waals surface area contributed by atoms with Crippen LogP contribution in [0.15, 0.2) is 35.4 Å². The monoisotopic (exact) mass is 449 g/mol. The molecule has 0 bridgehead atoms. The Bertz CT molecular complexity index is 1270. The predicted octanol–water partition coefficient (Wildman–Crippen LogP) is 2.98. The number of imidazole rings is 1. The number of hydrogen-bond donors (Lipinski definition) is 2. The Morgan fingerprint density at radius 3 is 2.85 bits per heavy atom. The van der Waals surface area contributed by atoms with E-state index >= 15 is 0 Å². The lowest BCUT2D eigenvalue weighted by Gasteiger charge is -2.27. The van der Waals surface area contributed by atoms with E-state index in [-0.39, 0.29) is 29.8 Å². The summed E-state index contributed by atoms with van der Waals surface area (Å²) < 4.78 is 3.40. The van der Waals surface area contributed by atoms with Gasteiger partial charge in [-0.15, -0.1) is 0 Å². The maximum absolute atomic E-state index is 13.1. The summed E-state index contributed by atoms with van der Waals surface area (Å²) in [6.07, 6.45) is 6.00. The molecule has 0 saturated heterocycles. The van der Waals surface area contributed by atoms with Crippen molar-refractivity contribution in [1.82, 2.24) is 19.3 Å². The molecule has 1 aliphatic heterocycles. The van der Waals surface area contributed by atoms with Crippen molar-refractivity contribution in [3.8, 4) is 0 Å². The number of fused-ring (bicyclic) bond motifs is 2. The molecule has 4 heterocycles. The topological polar surface area (TPSA) is 97.5 Å². The summed E-state index contributed by atoms with van der Waals surface area (Å²) in [6, 6.07) is 5.77. The van der Waals surface area contributed by atoms with Gasteiger partial charge in [-0.1, -0.05) is 26.3 Å². The second-order valence-corrected chi connectivity index (χ2v) is 9.09. The van der Waals surface area contributed by atoms with Crippen LogP contribution in [0, 0.1) is 25.7 Å². The first kappa shape index (κ1) is 22.8. The third-order valence-electron chi connectivity index (χ3n) is 6.76. The van der Waals surface area contributed by atoms with Crippen LogP contribution in [0.25, 0.3) is 5.65 Å². The van der Waals surface area contributed by atoms with Gasteiger partial charge in [-0.3, -0.25) is 14.4 Å². The number of hydrogen-bond acceptors (Lipinski definition) is 4. The molecule has 0 fully saturated rings. The van der Waals surface area contributed by atoms with Crippen LogP contribution in [0.5, 0.6) is 0 Å². The van der Waals surface area contributed by atoms with Crippen LogP contribution in [-0.2, 0) is 29.1 Å². The smallest absolute Gasteiger partial charge is 0.275 e. The molecule has 0 radical (unpaired) electrons. The van der Waals surface area contributed by atoms with Crippen molar-refractivity contribution in [3.05, 3.63) is 63.5 Å². The summed E-state index contributed by atoms with van der Waals surface area (Å²) in [7, 11) is 0. The third kappa shape index (κ3) is 4.55. The number of nitrogens with one attached hydrogen (secondary N) is 2. The molecule has 0 aliphatic carbocycles. The minimum Gasteiger partial charge on any atom is -0.350 e. The van der Waals surface area contributed by atoms with Crippen LogP contribution in [0.3, 0.4) is 0 Å². The number of anilines is 1. The van der Waals surface area contributed by atoms with E-state index in [1.165, 1.54) is 4.57 Å². The number of rotatable bonds is 7. The lowest BCUT2D eigenvalue weighted by molar-refractivity contribution is -0.122. The number of aromatic nitrogens is 3. The zero-order chi connectivity index (χ0) is 23.7. The third-order valence-corrected chi connectivity index (χ3v) is 6.76. The number of carbonyl (C=O) groups is 2. The Balaban J connectivity index is 1.48. The number of amides is 2. The second kappa shape index (κ2) is 9.21. The van der Waals surface area contributed by atoms with Crippen molar-refractivity contribution in [2.45, 2.75) is 60.0 Å². The molecule has 3 aromatic rings. The Kier molecular flexibility index (Phi) is 6.35. The molecule has 8 heteroatoms. The van der Waals surface area contributed by atoms with Crippen molar-refractivity contribution in [3.63, 3.8) is 0 Å². The van der Waals surface area contributed by atoms with Gasteiger partial charge in [0.1, 0.15) is 17.9 Å². The lowest BCUT2D eigenvalue weighted by atomic mass is 9.85. The van der Waals surface area contributed by atoms with E-state index in [1.807, 2.05) is 42.6 Å². The van der Waals surface area contributed by atoms with Gasteiger partial charge >= 0.3 is 0 Å². The Labute approximate surface area is 193 Å². The first-order chi connectivity index (χ1) is 15.8. The van der Waals surface area contributed by atoms with Gasteiger partial charge in [-0.25, -0.2) is 4.98 Å². The highest BCUT2D eigenvalue weighted by molar-refractivity contribution is 5.95. The molecule has 8 nitrogen and oxygen atoms in total. The molecule has 4 rings (SSSR count). The standard InChI is InChI=1S/C25H31N5O3/c1-5-15(2)10-20-12-19-11-16(3)30(25(33)23(19)28-24(20)32)14-22(31)27-13-18-6-7-21-26-8-9-29(21)17(18)4/h6-9,11,15,20H,5,10,12-14H2,1-4H3,(H,27,31)(H,28,32)/t15-,20?/m0/s1. The normalized spacial score (nSPS) is 16.4. The predicted molar refractivity (Wildman–Crippen MR) is 127 cm³/mol. The summed E-state index contributed by atoms with van der Waals surface area (Å²) in [5, 5.41) is 5.72. The number of carbonyl (C=O) groups excluding carboxylic acids is 2. The van der Waals surface area contributed by atoms with Gasteiger partial charge in [0.05, 0.1) is 0 Å². The average Bonchev–Trinajstić information content (AvgIpc) is 3.27. The Morgan fingerprint density at radius 1 is 1.30 bits per heavy atom. The van der Waals surface area contributed by atoms with Crippen LogP contribution in [-0.4, -0.2) is 25.8 Å². The summed E-state index contributed by atoms with van der Waals surface area (Å²) in [5.74, 6) is -0.0424. The van der Waals surface area contributed by atoms with E-state index in [2.05, 4.69) is 29.5 Å². The maximum Gasteiger partial charge on any atom is 0.275 e. The van der Waals surface area contributed by atoms with E-state index in [9.17, 15) is 14.4 Å². The molecule has 2 amide bonds. The minimum atomic E-state index is -0.327. The van der Waals surface area contributed by atoms with Crippen molar-refractivity contribution in [2.24, 2.45) is 11.8 Å². The molecule has 0 aromatic carbocycles. The Hall–Kier alpha value is -3.42. The van der Waals surface area contributed by atoms with Crippen molar-refractivity contribution in [2.75, 3.05) is 5.32 Å². The van der Waals surface area contributed by atoms with Gasteiger partial charge in [-0.2, -0.15) is 0 Å². The molecule has 2 atom stereocenters. The van der Waals surface area contributed by atoms with Crippen molar-refractivity contribution < 1.29 is 9.59 Å². The SMILES string of the molecule is CC[C@H](C)CC1Cc2cc(C)n(CC(=O)NCc3ccc4nccn4c3C)c(=O)c2NC1=O. The van der Waals surface area contributed by atoms with Crippen LogP contribution in [0.4, 0.5) is 5.69 Å². The van der Waals surface area contributed by atoms with Crippen molar-refractivity contribution in [1.29, 1.82) is 0 Å².